The van der Waals surface area contributed by atoms with Crippen LogP contribution >= 0.6 is 0 Å². The second kappa shape index (κ2) is 5.20. The van der Waals surface area contributed by atoms with Crippen molar-refractivity contribution < 1.29 is 9.47 Å². The highest BCUT2D eigenvalue weighted by Crippen LogP contribution is 2.40. The Bertz CT molecular complexity index is 413. The number of aromatic nitrogens is 2. The van der Waals surface area contributed by atoms with E-state index in [9.17, 15) is 0 Å². The summed E-state index contributed by atoms with van der Waals surface area (Å²) < 4.78 is 11.1. The molecular weight excluding hydrogens is 230 g/mol. The molecule has 0 aromatic carbocycles. The molecule has 5 nitrogen and oxygen atoms in total. The molecule has 0 spiro atoms. The molecule has 1 saturated heterocycles. The molecule has 1 fully saturated rings. The van der Waals surface area contributed by atoms with Crippen LogP contribution in [0.4, 0.5) is 0 Å². The molecule has 100 valence electrons. The molecule has 0 radical (unpaired) electrons. The lowest BCUT2D eigenvalue weighted by Crippen LogP contribution is -2.31. The van der Waals surface area contributed by atoms with E-state index < -0.39 is 0 Å². The average molecular weight is 251 g/mol. The summed E-state index contributed by atoms with van der Waals surface area (Å²) in [4.78, 5) is 8.47. The summed E-state index contributed by atoms with van der Waals surface area (Å²) >= 11 is 0. The fourth-order valence-corrected chi connectivity index (χ4v) is 2.82. The Morgan fingerprint density at radius 2 is 1.89 bits per heavy atom. The van der Waals surface area contributed by atoms with Crippen LogP contribution in [0.2, 0.25) is 0 Å². The third kappa shape index (κ3) is 2.20. The lowest BCUT2D eigenvalue weighted by Gasteiger charge is -2.25. The van der Waals surface area contributed by atoms with Crippen LogP contribution < -0.4 is 10.5 Å². The van der Waals surface area contributed by atoms with E-state index >= 15 is 0 Å². The number of methoxy groups -OCH3 is 1. The minimum absolute atomic E-state index is 0.122. The van der Waals surface area contributed by atoms with Gasteiger partial charge < -0.3 is 15.2 Å². The molecule has 0 amide bonds. The first-order valence-electron chi connectivity index (χ1n) is 6.32. The predicted molar refractivity (Wildman–Crippen MR) is 68.2 cm³/mol. The summed E-state index contributed by atoms with van der Waals surface area (Å²) in [7, 11) is 1.58. The highest BCUT2D eigenvalue weighted by molar-refractivity contribution is 5.22. The number of rotatable bonds is 3. The van der Waals surface area contributed by atoms with Crippen molar-refractivity contribution in [3.63, 3.8) is 0 Å². The highest BCUT2D eigenvalue weighted by Gasteiger charge is 2.42. The van der Waals surface area contributed by atoms with E-state index in [0.29, 0.717) is 17.5 Å². The Morgan fingerprint density at radius 3 is 2.44 bits per heavy atom. The Hall–Kier alpha value is -1.20. The second-order valence-corrected chi connectivity index (χ2v) is 4.96. The summed E-state index contributed by atoms with van der Waals surface area (Å²) in [6.07, 6.45) is 3.59. The maximum absolute atomic E-state index is 6.36. The van der Waals surface area contributed by atoms with Gasteiger partial charge in [-0.15, -0.1) is 0 Å². The zero-order valence-electron chi connectivity index (χ0n) is 11.3. The van der Waals surface area contributed by atoms with Crippen molar-refractivity contribution in [1.29, 1.82) is 0 Å². The largest absolute Gasteiger partial charge is 0.480 e. The van der Waals surface area contributed by atoms with Crippen molar-refractivity contribution in [2.75, 3.05) is 7.11 Å². The Morgan fingerprint density at radius 1 is 1.22 bits per heavy atom. The molecule has 2 rings (SSSR count). The molecular formula is C13H21N3O2. The Balaban J connectivity index is 2.28. The average Bonchev–Trinajstić information content (AvgIpc) is 2.62. The van der Waals surface area contributed by atoms with Gasteiger partial charge in [-0.1, -0.05) is 6.92 Å². The number of nitrogens with zero attached hydrogens (tertiary/aromatic N) is 2. The van der Waals surface area contributed by atoms with Crippen LogP contribution in [-0.4, -0.2) is 29.3 Å². The molecule has 1 aromatic heterocycles. The lowest BCUT2D eigenvalue weighted by atomic mass is 9.82. The summed E-state index contributed by atoms with van der Waals surface area (Å²) in [6.45, 7) is 6.32. The quantitative estimate of drug-likeness (QED) is 0.882. The number of hydrogen-bond donors (Lipinski definition) is 1. The van der Waals surface area contributed by atoms with E-state index in [-0.39, 0.29) is 24.2 Å². The van der Waals surface area contributed by atoms with E-state index in [0.717, 1.165) is 0 Å². The van der Waals surface area contributed by atoms with Gasteiger partial charge in [0, 0.05) is 18.3 Å². The molecule has 1 aliphatic heterocycles. The summed E-state index contributed by atoms with van der Waals surface area (Å²) in [5, 5.41) is 0. The van der Waals surface area contributed by atoms with Gasteiger partial charge in [0.1, 0.15) is 5.69 Å². The first kappa shape index (κ1) is 13.2. The molecule has 1 aliphatic rings. The van der Waals surface area contributed by atoms with E-state index in [1.165, 1.54) is 0 Å². The van der Waals surface area contributed by atoms with Crippen LogP contribution in [-0.2, 0) is 4.74 Å². The smallest absolute Gasteiger partial charge is 0.237 e. The minimum Gasteiger partial charge on any atom is -0.480 e. The number of nitrogens with two attached hydrogens (primary N) is 1. The molecule has 1 aromatic rings. The Kier molecular flexibility index (Phi) is 3.82. The highest BCUT2D eigenvalue weighted by atomic mass is 16.5. The Labute approximate surface area is 108 Å². The van der Waals surface area contributed by atoms with Crippen LogP contribution in [0.3, 0.4) is 0 Å². The molecule has 2 heterocycles. The molecule has 5 heteroatoms. The van der Waals surface area contributed by atoms with Crippen molar-refractivity contribution in [2.45, 2.75) is 39.0 Å². The van der Waals surface area contributed by atoms with Gasteiger partial charge in [-0.3, -0.25) is 4.98 Å². The predicted octanol–water partition coefficient (Wildman–Crippen LogP) is 1.54. The molecule has 5 unspecified atom stereocenters. The summed E-state index contributed by atoms with van der Waals surface area (Å²) in [5.74, 6) is 1.12. The maximum Gasteiger partial charge on any atom is 0.237 e. The van der Waals surface area contributed by atoms with E-state index in [1.807, 2.05) is 0 Å². The number of ether oxygens (including phenoxy) is 2. The van der Waals surface area contributed by atoms with Gasteiger partial charge in [-0.25, -0.2) is 4.98 Å². The summed E-state index contributed by atoms with van der Waals surface area (Å²) in [6, 6.07) is -0.219. The van der Waals surface area contributed by atoms with E-state index in [1.54, 1.807) is 19.5 Å². The van der Waals surface area contributed by atoms with E-state index in [4.69, 9.17) is 15.2 Å². The van der Waals surface area contributed by atoms with Gasteiger partial charge in [-0.2, -0.15) is 0 Å². The van der Waals surface area contributed by atoms with Crippen LogP contribution in [0.1, 0.15) is 32.5 Å². The first-order chi connectivity index (χ1) is 8.56. The lowest BCUT2D eigenvalue weighted by molar-refractivity contribution is 0.0487. The third-order valence-electron chi connectivity index (χ3n) is 3.93. The van der Waals surface area contributed by atoms with E-state index in [2.05, 4.69) is 30.7 Å². The van der Waals surface area contributed by atoms with Gasteiger partial charge in [0.05, 0.1) is 25.4 Å². The van der Waals surface area contributed by atoms with Crippen LogP contribution in [0, 0.1) is 11.8 Å². The van der Waals surface area contributed by atoms with Crippen molar-refractivity contribution in [3.05, 3.63) is 18.1 Å². The van der Waals surface area contributed by atoms with Crippen LogP contribution in [0.25, 0.3) is 0 Å². The zero-order chi connectivity index (χ0) is 13.3. The normalized spacial score (nSPS) is 33.4. The van der Waals surface area contributed by atoms with Crippen molar-refractivity contribution in [1.82, 2.24) is 9.97 Å². The molecule has 2 N–H and O–H groups in total. The van der Waals surface area contributed by atoms with Crippen LogP contribution in [0.15, 0.2) is 12.4 Å². The first-order valence-corrected chi connectivity index (χ1v) is 6.32. The van der Waals surface area contributed by atoms with Gasteiger partial charge in [-0.05, 0) is 19.8 Å². The van der Waals surface area contributed by atoms with Crippen molar-refractivity contribution in [3.8, 4) is 5.88 Å². The van der Waals surface area contributed by atoms with Gasteiger partial charge in [0.2, 0.25) is 5.88 Å². The molecule has 0 bridgehead atoms. The topological polar surface area (TPSA) is 70.3 Å². The standard InChI is InChI=1S/C13H21N3O2/c1-7-8(2)18-9(3)10(7)11(14)12-13(17-4)16-6-5-15-12/h5-11H,14H2,1-4H3. The van der Waals surface area contributed by atoms with Crippen molar-refractivity contribution in [2.24, 2.45) is 17.6 Å². The van der Waals surface area contributed by atoms with Gasteiger partial charge in [0.25, 0.3) is 0 Å². The fraction of sp³-hybridized carbons (Fsp3) is 0.692. The third-order valence-corrected chi connectivity index (χ3v) is 3.93. The van der Waals surface area contributed by atoms with Gasteiger partial charge in [0.15, 0.2) is 0 Å². The monoisotopic (exact) mass is 251 g/mol. The van der Waals surface area contributed by atoms with Crippen molar-refractivity contribution >= 4 is 0 Å². The SMILES string of the molecule is COc1nccnc1C(N)C1C(C)OC(C)C1C. The summed E-state index contributed by atoms with van der Waals surface area (Å²) in [5.41, 5.74) is 7.07. The zero-order valence-corrected chi connectivity index (χ0v) is 11.3. The number of hydrogen-bond acceptors (Lipinski definition) is 5. The fourth-order valence-electron chi connectivity index (χ4n) is 2.82. The van der Waals surface area contributed by atoms with Crippen LogP contribution in [0.5, 0.6) is 5.88 Å². The second-order valence-electron chi connectivity index (χ2n) is 4.96. The molecule has 5 atom stereocenters. The molecule has 18 heavy (non-hydrogen) atoms. The molecule has 0 aliphatic carbocycles. The molecule has 0 saturated carbocycles. The minimum atomic E-state index is -0.219. The maximum atomic E-state index is 6.36. The van der Waals surface area contributed by atoms with Gasteiger partial charge >= 0.3 is 0 Å².